The van der Waals surface area contributed by atoms with Gasteiger partial charge < -0.3 is 14.4 Å². The molecule has 9 heteroatoms. The molecule has 3 aromatic heterocycles. The topological polar surface area (TPSA) is 85.0 Å². The Labute approximate surface area is 138 Å². The molecule has 1 saturated heterocycles. The van der Waals surface area contributed by atoms with Gasteiger partial charge in [0.05, 0.1) is 17.9 Å². The molecular weight excluding hydrogens is 308 g/mol. The first-order chi connectivity index (χ1) is 11.7. The Morgan fingerprint density at radius 3 is 2.79 bits per heavy atom. The van der Waals surface area contributed by atoms with E-state index in [9.17, 15) is 4.79 Å². The van der Waals surface area contributed by atoms with E-state index >= 15 is 0 Å². The van der Waals surface area contributed by atoms with Gasteiger partial charge in [-0.15, -0.1) is 0 Å². The molecule has 0 aliphatic carbocycles. The van der Waals surface area contributed by atoms with E-state index in [-0.39, 0.29) is 5.91 Å². The molecule has 4 rings (SSSR count). The van der Waals surface area contributed by atoms with Crippen LogP contribution in [0.2, 0.25) is 0 Å². The second-order valence-corrected chi connectivity index (χ2v) is 5.81. The Hall–Kier alpha value is -2.97. The van der Waals surface area contributed by atoms with Gasteiger partial charge in [0.1, 0.15) is 18.7 Å². The second kappa shape index (κ2) is 5.91. The van der Waals surface area contributed by atoms with E-state index in [0.29, 0.717) is 19.6 Å². The molecule has 0 N–H and O–H groups in total. The van der Waals surface area contributed by atoms with Gasteiger partial charge in [0.2, 0.25) is 5.91 Å². The number of amides is 1. The van der Waals surface area contributed by atoms with E-state index in [0.717, 1.165) is 29.9 Å². The molecule has 0 bridgehead atoms. The number of carbonyl (C=O) groups excluding carboxylic acids is 1. The van der Waals surface area contributed by atoms with Crippen molar-refractivity contribution in [2.24, 2.45) is 7.05 Å². The van der Waals surface area contributed by atoms with Crippen LogP contribution in [0.3, 0.4) is 0 Å². The lowest BCUT2D eigenvalue weighted by atomic mass is 10.2. The first-order valence-electron chi connectivity index (χ1n) is 7.83. The number of hydrogen-bond donors (Lipinski definition) is 0. The van der Waals surface area contributed by atoms with Gasteiger partial charge in [-0.2, -0.15) is 5.10 Å². The van der Waals surface area contributed by atoms with Crippen molar-refractivity contribution in [3.63, 3.8) is 0 Å². The van der Waals surface area contributed by atoms with Crippen LogP contribution in [0.15, 0.2) is 31.2 Å². The van der Waals surface area contributed by atoms with Crippen LogP contribution in [0.5, 0.6) is 0 Å². The van der Waals surface area contributed by atoms with Crippen LogP contribution in [-0.4, -0.2) is 66.3 Å². The first kappa shape index (κ1) is 14.6. The van der Waals surface area contributed by atoms with Gasteiger partial charge in [0.15, 0.2) is 5.65 Å². The van der Waals surface area contributed by atoms with Gasteiger partial charge in [-0.05, 0) is 0 Å². The normalized spacial score (nSPS) is 15.2. The highest BCUT2D eigenvalue weighted by atomic mass is 16.2. The molecule has 0 unspecified atom stereocenters. The first-order valence-corrected chi connectivity index (χ1v) is 7.83. The van der Waals surface area contributed by atoms with Crippen molar-refractivity contribution in [1.82, 2.24) is 34.2 Å². The Balaban J connectivity index is 1.45. The van der Waals surface area contributed by atoms with Crippen LogP contribution >= 0.6 is 0 Å². The average Bonchev–Trinajstić information content (AvgIpc) is 3.25. The molecular formula is C15H18N8O. The van der Waals surface area contributed by atoms with Crippen LogP contribution in [-0.2, 0) is 18.4 Å². The maximum Gasteiger partial charge on any atom is 0.242 e. The third-order valence-electron chi connectivity index (χ3n) is 4.32. The number of aromatic nitrogens is 6. The highest BCUT2D eigenvalue weighted by Crippen LogP contribution is 2.23. The van der Waals surface area contributed by atoms with Crippen molar-refractivity contribution >= 4 is 22.8 Å². The molecule has 1 amide bonds. The van der Waals surface area contributed by atoms with E-state index in [2.05, 4.69) is 25.0 Å². The van der Waals surface area contributed by atoms with Crippen LogP contribution in [0.1, 0.15) is 0 Å². The lowest BCUT2D eigenvalue weighted by Crippen LogP contribution is -2.49. The third kappa shape index (κ3) is 2.57. The Morgan fingerprint density at radius 1 is 1.21 bits per heavy atom. The zero-order valence-corrected chi connectivity index (χ0v) is 13.4. The minimum atomic E-state index is 0.113. The standard InChI is InChI=1S/C15H18N8O/c1-20-14-12(8-19-20)15(18-10-17-14)23-6-4-22(5-7-23)13(24)9-21-3-2-16-11-21/h2-3,8,10-11H,4-7,9H2,1H3. The number of imidazole rings is 1. The molecule has 24 heavy (non-hydrogen) atoms. The fraction of sp³-hybridized carbons (Fsp3) is 0.400. The van der Waals surface area contributed by atoms with E-state index < -0.39 is 0 Å². The molecule has 0 atom stereocenters. The van der Waals surface area contributed by atoms with Gasteiger partial charge >= 0.3 is 0 Å². The minimum absolute atomic E-state index is 0.113. The van der Waals surface area contributed by atoms with Crippen molar-refractivity contribution in [2.75, 3.05) is 31.1 Å². The maximum atomic E-state index is 12.3. The summed E-state index contributed by atoms with van der Waals surface area (Å²) >= 11 is 0. The van der Waals surface area contributed by atoms with Crippen LogP contribution in [0, 0.1) is 0 Å². The van der Waals surface area contributed by atoms with Crippen molar-refractivity contribution in [1.29, 1.82) is 0 Å². The minimum Gasteiger partial charge on any atom is -0.352 e. The van der Waals surface area contributed by atoms with Crippen LogP contribution < -0.4 is 4.90 Å². The highest BCUT2D eigenvalue weighted by molar-refractivity contribution is 5.86. The van der Waals surface area contributed by atoms with E-state index in [1.165, 1.54) is 0 Å². The van der Waals surface area contributed by atoms with E-state index in [1.54, 1.807) is 40.5 Å². The predicted octanol–water partition coefficient (Wildman–Crippen LogP) is -0.0914. The summed E-state index contributed by atoms with van der Waals surface area (Å²) in [6, 6.07) is 0. The third-order valence-corrected chi connectivity index (χ3v) is 4.32. The van der Waals surface area contributed by atoms with E-state index in [1.807, 2.05) is 11.9 Å². The Kier molecular flexibility index (Phi) is 3.60. The Bertz CT molecular complexity index is 848. The quantitative estimate of drug-likeness (QED) is 0.669. The fourth-order valence-corrected chi connectivity index (χ4v) is 3.01. The van der Waals surface area contributed by atoms with Gasteiger partial charge in [-0.1, -0.05) is 0 Å². The predicted molar refractivity (Wildman–Crippen MR) is 87.3 cm³/mol. The summed E-state index contributed by atoms with van der Waals surface area (Å²) in [5, 5.41) is 5.19. The molecule has 1 aliphatic heterocycles. The summed E-state index contributed by atoms with van der Waals surface area (Å²) in [4.78, 5) is 29.1. The number of aryl methyl sites for hydroxylation is 1. The van der Waals surface area contributed by atoms with Gasteiger partial charge in [0, 0.05) is 45.6 Å². The number of piperazine rings is 1. The molecule has 1 aliphatic rings. The van der Waals surface area contributed by atoms with Crippen LogP contribution in [0.4, 0.5) is 5.82 Å². The van der Waals surface area contributed by atoms with Gasteiger partial charge in [0.25, 0.3) is 0 Å². The lowest BCUT2D eigenvalue weighted by molar-refractivity contribution is -0.132. The highest BCUT2D eigenvalue weighted by Gasteiger charge is 2.23. The van der Waals surface area contributed by atoms with Crippen LogP contribution in [0.25, 0.3) is 11.0 Å². The molecule has 0 aromatic carbocycles. The molecule has 124 valence electrons. The number of hydrogen-bond acceptors (Lipinski definition) is 6. The molecule has 3 aromatic rings. The summed E-state index contributed by atoms with van der Waals surface area (Å²) in [5.74, 6) is 0.997. The summed E-state index contributed by atoms with van der Waals surface area (Å²) in [7, 11) is 1.87. The summed E-state index contributed by atoms with van der Waals surface area (Å²) in [6.07, 6.45) is 8.50. The fourth-order valence-electron chi connectivity index (χ4n) is 3.01. The van der Waals surface area contributed by atoms with E-state index in [4.69, 9.17) is 0 Å². The number of rotatable bonds is 3. The Morgan fingerprint density at radius 2 is 2.04 bits per heavy atom. The zero-order chi connectivity index (χ0) is 16.5. The van der Waals surface area contributed by atoms with Crippen molar-refractivity contribution < 1.29 is 4.79 Å². The average molecular weight is 326 g/mol. The van der Waals surface area contributed by atoms with Crippen molar-refractivity contribution in [3.05, 3.63) is 31.2 Å². The maximum absolute atomic E-state index is 12.3. The second-order valence-electron chi connectivity index (χ2n) is 5.81. The van der Waals surface area contributed by atoms with Crippen molar-refractivity contribution in [2.45, 2.75) is 6.54 Å². The summed E-state index contributed by atoms with van der Waals surface area (Å²) in [5.41, 5.74) is 0.818. The number of fused-ring (bicyclic) bond motifs is 1. The number of anilines is 1. The number of carbonyl (C=O) groups is 1. The van der Waals surface area contributed by atoms with Gasteiger partial charge in [-0.3, -0.25) is 9.48 Å². The molecule has 4 heterocycles. The molecule has 0 spiro atoms. The number of nitrogens with zero attached hydrogens (tertiary/aromatic N) is 8. The summed E-state index contributed by atoms with van der Waals surface area (Å²) < 4.78 is 3.53. The summed E-state index contributed by atoms with van der Waals surface area (Å²) in [6.45, 7) is 3.19. The molecule has 0 radical (unpaired) electrons. The SMILES string of the molecule is Cn1ncc2c(N3CCN(C(=O)Cn4ccnc4)CC3)ncnc21. The molecule has 1 fully saturated rings. The smallest absolute Gasteiger partial charge is 0.242 e. The van der Waals surface area contributed by atoms with Gasteiger partial charge in [-0.25, -0.2) is 15.0 Å². The lowest BCUT2D eigenvalue weighted by Gasteiger charge is -2.35. The largest absolute Gasteiger partial charge is 0.352 e. The monoisotopic (exact) mass is 326 g/mol. The zero-order valence-electron chi connectivity index (χ0n) is 13.4. The molecule has 0 saturated carbocycles. The van der Waals surface area contributed by atoms with Crippen molar-refractivity contribution in [3.8, 4) is 0 Å². The molecule has 9 nitrogen and oxygen atoms in total.